The monoisotopic (exact) mass is 235 g/mol. The third-order valence-electron chi connectivity index (χ3n) is 2.17. The molecule has 0 radical (unpaired) electrons. The van der Waals surface area contributed by atoms with Gasteiger partial charge in [0.05, 0.1) is 11.6 Å². The van der Waals surface area contributed by atoms with Crippen LogP contribution in [0.25, 0.3) is 0 Å². The second-order valence-electron chi connectivity index (χ2n) is 3.58. The Bertz CT molecular complexity index is 440. The van der Waals surface area contributed by atoms with Crippen LogP contribution in [0.1, 0.15) is 18.1 Å². The predicted molar refractivity (Wildman–Crippen MR) is 61.5 cm³/mol. The summed E-state index contributed by atoms with van der Waals surface area (Å²) in [5, 5.41) is 14.2. The van der Waals surface area contributed by atoms with E-state index in [1.54, 1.807) is 12.1 Å². The number of hydrogen-bond donors (Lipinski definition) is 2. The molecule has 0 aromatic heterocycles. The van der Waals surface area contributed by atoms with Crippen LogP contribution < -0.4 is 10.6 Å². The van der Waals surface area contributed by atoms with Crippen LogP contribution in [0, 0.1) is 17.1 Å². The molecule has 0 saturated carbocycles. The third kappa shape index (κ3) is 4.62. The lowest BCUT2D eigenvalue weighted by molar-refractivity contribution is -0.118. The lowest BCUT2D eigenvalue weighted by atomic mass is 10.1. The predicted octanol–water partition coefficient (Wildman–Crippen LogP) is 0.923. The zero-order valence-electron chi connectivity index (χ0n) is 9.59. The minimum absolute atomic E-state index is 0.0867. The molecule has 0 spiro atoms. The number of hydrogen-bond acceptors (Lipinski definition) is 3. The number of nitrogens with one attached hydrogen (secondary N) is 2. The van der Waals surface area contributed by atoms with E-state index in [1.807, 2.05) is 6.07 Å². The smallest absolute Gasteiger partial charge is 0.216 e. The Morgan fingerprint density at radius 3 is 2.82 bits per heavy atom. The van der Waals surface area contributed by atoms with Crippen molar-refractivity contribution in [1.29, 1.82) is 5.26 Å². The molecule has 0 saturated heterocycles. The Labute approximate surface area is 99.4 Å². The summed E-state index contributed by atoms with van der Waals surface area (Å²) in [6.07, 6.45) is 0. The van der Waals surface area contributed by atoms with Crippen LogP contribution in [0.3, 0.4) is 0 Å². The van der Waals surface area contributed by atoms with Crippen LogP contribution in [0.4, 0.5) is 4.39 Å². The summed E-state index contributed by atoms with van der Waals surface area (Å²) in [5.74, 6) is -0.479. The topological polar surface area (TPSA) is 64.9 Å². The van der Waals surface area contributed by atoms with Crippen molar-refractivity contribution in [1.82, 2.24) is 10.6 Å². The number of nitrogens with zero attached hydrogens (tertiary/aromatic N) is 1. The molecule has 4 nitrogen and oxygen atoms in total. The fraction of sp³-hybridized carbons (Fsp3) is 0.333. The molecule has 5 heteroatoms. The second kappa shape index (κ2) is 6.61. The van der Waals surface area contributed by atoms with Crippen LogP contribution in [0.5, 0.6) is 0 Å². The van der Waals surface area contributed by atoms with Crippen molar-refractivity contribution >= 4 is 5.91 Å². The number of halogens is 1. The molecule has 17 heavy (non-hydrogen) atoms. The molecule has 0 fully saturated rings. The van der Waals surface area contributed by atoms with Crippen molar-refractivity contribution in [3.63, 3.8) is 0 Å². The average molecular weight is 235 g/mol. The van der Waals surface area contributed by atoms with E-state index < -0.39 is 5.82 Å². The lowest BCUT2D eigenvalue weighted by Gasteiger charge is -2.06. The number of carbonyl (C=O) groups is 1. The molecule has 1 amide bonds. The van der Waals surface area contributed by atoms with E-state index in [2.05, 4.69) is 10.6 Å². The van der Waals surface area contributed by atoms with Gasteiger partial charge in [0.1, 0.15) is 5.82 Å². The zero-order valence-corrected chi connectivity index (χ0v) is 9.59. The molecule has 0 bridgehead atoms. The maximum atomic E-state index is 13.4. The van der Waals surface area contributed by atoms with Gasteiger partial charge in [0.2, 0.25) is 5.91 Å². The van der Waals surface area contributed by atoms with Crippen molar-refractivity contribution in [3.05, 3.63) is 35.1 Å². The molecule has 1 rings (SSSR count). The van der Waals surface area contributed by atoms with Crippen LogP contribution in [0.15, 0.2) is 18.2 Å². The average Bonchev–Trinajstić information content (AvgIpc) is 2.30. The van der Waals surface area contributed by atoms with Gasteiger partial charge in [-0.3, -0.25) is 4.79 Å². The maximum absolute atomic E-state index is 13.4. The van der Waals surface area contributed by atoms with Crippen molar-refractivity contribution in [2.75, 3.05) is 13.1 Å². The van der Waals surface area contributed by atoms with Gasteiger partial charge in [0.25, 0.3) is 0 Å². The van der Waals surface area contributed by atoms with E-state index >= 15 is 0 Å². The summed E-state index contributed by atoms with van der Waals surface area (Å²) < 4.78 is 13.4. The molecular weight excluding hydrogens is 221 g/mol. The first-order valence-corrected chi connectivity index (χ1v) is 5.27. The normalized spacial score (nSPS) is 9.71. The van der Waals surface area contributed by atoms with E-state index in [0.29, 0.717) is 30.8 Å². The first-order chi connectivity index (χ1) is 8.13. The number of carbonyl (C=O) groups excluding carboxylic acids is 1. The van der Waals surface area contributed by atoms with Gasteiger partial charge in [-0.1, -0.05) is 6.07 Å². The highest BCUT2D eigenvalue weighted by molar-refractivity contribution is 5.72. The van der Waals surface area contributed by atoms with Crippen LogP contribution in [0.2, 0.25) is 0 Å². The quantitative estimate of drug-likeness (QED) is 0.746. The summed E-state index contributed by atoms with van der Waals surface area (Å²) in [7, 11) is 0. The molecule has 0 heterocycles. The molecule has 0 atom stereocenters. The van der Waals surface area contributed by atoms with Gasteiger partial charge in [0.15, 0.2) is 0 Å². The highest BCUT2D eigenvalue weighted by Crippen LogP contribution is 2.09. The number of amides is 1. The Balaban J connectivity index is 2.37. The summed E-state index contributed by atoms with van der Waals surface area (Å²) in [4.78, 5) is 10.6. The molecule has 2 N–H and O–H groups in total. The first kappa shape index (κ1) is 13.1. The Kier molecular flexibility index (Phi) is 5.11. The van der Waals surface area contributed by atoms with Gasteiger partial charge in [-0.15, -0.1) is 0 Å². The van der Waals surface area contributed by atoms with Gasteiger partial charge in [0, 0.05) is 32.1 Å². The zero-order chi connectivity index (χ0) is 12.7. The molecule has 1 aromatic carbocycles. The molecule has 1 aromatic rings. The fourth-order valence-electron chi connectivity index (χ4n) is 1.31. The minimum atomic E-state index is -0.393. The van der Waals surface area contributed by atoms with Crippen molar-refractivity contribution in [2.45, 2.75) is 13.5 Å². The summed E-state index contributed by atoms with van der Waals surface area (Å²) in [6.45, 7) is 2.89. The number of rotatable bonds is 5. The van der Waals surface area contributed by atoms with E-state index in [0.717, 1.165) is 0 Å². The molecule has 0 aliphatic heterocycles. The van der Waals surface area contributed by atoms with Crippen LogP contribution >= 0.6 is 0 Å². The van der Waals surface area contributed by atoms with Gasteiger partial charge < -0.3 is 10.6 Å². The first-order valence-electron chi connectivity index (χ1n) is 5.27. The lowest BCUT2D eigenvalue weighted by Crippen LogP contribution is -2.30. The van der Waals surface area contributed by atoms with E-state index in [4.69, 9.17) is 5.26 Å². The summed E-state index contributed by atoms with van der Waals surface area (Å²) in [6, 6.07) is 6.25. The standard InChI is InChI=1S/C12H14FN3O/c1-9(17)16-5-4-15-8-11-3-2-10(7-14)6-12(11)13/h2-3,6,15H,4-5,8H2,1H3,(H,16,17). The molecule has 0 aliphatic carbocycles. The molecule has 0 aliphatic rings. The van der Waals surface area contributed by atoms with Gasteiger partial charge in [-0.25, -0.2) is 4.39 Å². The fourth-order valence-corrected chi connectivity index (χ4v) is 1.31. The van der Waals surface area contributed by atoms with Crippen molar-refractivity contribution in [2.24, 2.45) is 0 Å². The van der Waals surface area contributed by atoms with E-state index in [9.17, 15) is 9.18 Å². The summed E-state index contributed by atoms with van der Waals surface area (Å²) >= 11 is 0. The SMILES string of the molecule is CC(=O)NCCNCc1ccc(C#N)cc1F. The van der Waals surface area contributed by atoms with E-state index in [-0.39, 0.29) is 5.91 Å². The Morgan fingerprint density at radius 1 is 1.47 bits per heavy atom. The minimum Gasteiger partial charge on any atom is -0.355 e. The van der Waals surface area contributed by atoms with Gasteiger partial charge in [-0.05, 0) is 12.1 Å². The molecule has 90 valence electrons. The molecule has 0 unspecified atom stereocenters. The third-order valence-corrected chi connectivity index (χ3v) is 2.17. The molecular formula is C12H14FN3O. The van der Waals surface area contributed by atoms with Crippen LogP contribution in [-0.4, -0.2) is 19.0 Å². The van der Waals surface area contributed by atoms with Gasteiger partial charge in [-0.2, -0.15) is 5.26 Å². The highest BCUT2D eigenvalue weighted by atomic mass is 19.1. The van der Waals surface area contributed by atoms with Crippen LogP contribution in [-0.2, 0) is 11.3 Å². The number of benzene rings is 1. The van der Waals surface area contributed by atoms with Gasteiger partial charge >= 0.3 is 0 Å². The largest absolute Gasteiger partial charge is 0.355 e. The Hall–Kier alpha value is -1.93. The summed E-state index contributed by atoms with van der Waals surface area (Å²) in [5.41, 5.74) is 0.816. The maximum Gasteiger partial charge on any atom is 0.216 e. The highest BCUT2D eigenvalue weighted by Gasteiger charge is 2.02. The van der Waals surface area contributed by atoms with Crippen molar-refractivity contribution in [3.8, 4) is 6.07 Å². The number of nitriles is 1. The van der Waals surface area contributed by atoms with E-state index in [1.165, 1.54) is 13.0 Å². The van der Waals surface area contributed by atoms with Crippen molar-refractivity contribution < 1.29 is 9.18 Å². The Morgan fingerprint density at radius 2 is 2.24 bits per heavy atom. The second-order valence-corrected chi connectivity index (χ2v) is 3.58.